The van der Waals surface area contributed by atoms with Gasteiger partial charge in [0.15, 0.2) is 11.6 Å². The molecular weight excluding hydrogens is 752 g/mol. The Morgan fingerprint density at radius 3 is 1.78 bits per heavy atom. The first-order chi connectivity index (χ1) is 27.0. The van der Waals surface area contributed by atoms with Gasteiger partial charge in [-0.2, -0.15) is 0 Å². The topological polar surface area (TPSA) is 187 Å². The van der Waals surface area contributed by atoms with Crippen LogP contribution in [-0.4, -0.2) is 96.4 Å². The molecule has 2 rings (SSSR count). The van der Waals surface area contributed by atoms with Crippen molar-refractivity contribution in [1.82, 2.24) is 0 Å². The fourth-order valence-corrected chi connectivity index (χ4v) is 8.11. The molecule has 332 valence electrons. The summed E-state index contributed by atoms with van der Waals surface area (Å²) in [7, 11) is 1.26. The van der Waals surface area contributed by atoms with Crippen molar-refractivity contribution in [1.29, 1.82) is 0 Å². The third-order valence-corrected chi connectivity index (χ3v) is 10.8. The average Bonchev–Trinajstić information content (AvgIpc) is 3.11. The number of hydrogen-bond acceptors (Lipinski definition) is 14. The predicted molar refractivity (Wildman–Crippen MR) is 214 cm³/mol. The molecule has 1 unspecified atom stereocenters. The number of aliphatic hydroxyl groups is 1. The predicted octanol–water partition coefficient (Wildman–Crippen LogP) is 6.60. The molecule has 2 fully saturated rings. The minimum atomic E-state index is -1.32. The molecule has 0 saturated carbocycles. The first-order valence-corrected chi connectivity index (χ1v) is 21.1. The van der Waals surface area contributed by atoms with Gasteiger partial charge in [-0.05, 0) is 62.7 Å². The zero-order valence-corrected chi connectivity index (χ0v) is 37.2. The summed E-state index contributed by atoms with van der Waals surface area (Å²) >= 11 is 0. The summed E-state index contributed by atoms with van der Waals surface area (Å²) in [5.74, 6) is -5.58. The van der Waals surface area contributed by atoms with Crippen molar-refractivity contribution in [2.24, 2.45) is 35.5 Å². The third kappa shape index (κ3) is 16.0. The van der Waals surface area contributed by atoms with Gasteiger partial charge >= 0.3 is 29.8 Å². The average molecular weight is 825 g/mol. The largest absolute Gasteiger partial charge is 0.466 e. The Labute approximate surface area is 345 Å². The van der Waals surface area contributed by atoms with E-state index in [0.717, 1.165) is 0 Å². The van der Waals surface area contributed by atoms with Crippen molar-refractivity contribution < 1.29 is 67.0 Å². The normalized spacial score (nSPS) is 26.1. The van der Waals surface area contributed by atoms with Crippen LogP contribution in [0.15, 0.2) is 11.6 Å². The van der Waals surface area contributed by atoms with E-state index >= 15 is 0 Å². The number of Topliss-reactive ketones (excluding diaryl/α,β-unsaturated/α-hetero) is 1. The smallest absolute Gasteiger partial charge is 0.333 e. The van der Waals surface area contributed by atoms with Gasteiger partial charge in [0, 0.05) is 56.9 Å². The van der Waals surface area contributed by atoms with E-state index in [1.54, 1.807) is 26.8 Å². The van der Waals surface area contributed by atoms with Crippen molar-refractivity contribution >= 4 is 35.6 Å². The lowest BCUT2D eigenvalue weighted by molar-refractivity contribution is -0.347. The van der Waals surface area contributed by atoms with E-state index in [-0.39, 0.29) is 61.3 Å². The quantitative estimate of drug-likeness (QED) is 0.0741. The van der Waals surface area contributed by atoms with Crippen LogP contribution in [0.2, 0.25) is 0 Å². The molecule has 2 heterocycles. The van der Waals surface area contributed by atoms with Crippen molar-refractivity contribution in [2.45, 2.75) is 189 Å². The number of esters is 5. The standard InChI is InChI=1S/C44H72O14/c1-14-37(47)54-33(16-15-28(8)43(51)52-13)30(10)42(53-32(12)46)35(55-38(48)17-24(2)3)21-29(9)41(56-39(49)18-25(4)5)36-20-27(7)23-44(58-36)22-26(6)19-34(57-44)40(50)31(11)45/h15,24-27,29-30,33-36,40-42,50H,14,16-23H2,1-13H3/b28-15+/t26-,27+,29+,30+,33+,34?,35-,36+,40+,41+,42-,44+/m1/s1. The highest BCUT2D eigenvalue weighted by Crippen LogP contribution is 2.46. The van der Waals surface area contributed by atoms with Gasteiger partial charge in [-0.3, -0.25) is 24.0 Å². The SMILES string of the molecule is CCC(=O)O[C@@H](C/C=C(\C)C(=O)OC)[C@H](C)[C@@H](OC(C)=O)[C@@H](C[C@H](C)[C@H](OC(=O)CC(C)C)[C@@H]1C[C@H](C)C[C@]2(C[C@H](C)CC([C@@H](O)C(C)=O)O2)O1)OC(=O)CC(C)C. The summed E-state index contributed by atoms with van der Waals surface area (Å²) < 4.78 is 42.5. The maximum Gasteiger partial charge on any atom is 0.333 e. The van der Waals surface area contributed by atoms with Crippen LogP contribution in [0.1, 0.15) is 141 Å². The Balaban J connectivity index is 2.68. The van der Waals surface area contributed by atoms with Crippen LogP contribution < -0.4 is 0 Å². The van der Waals surface area contributed by atoms with E-state index in [0.29, 0.717) is 25.7 Å². The van der Waals surface area contributed by atoms with Gasteiger partial charge in [-0.15, -0.1) is 0 Å². The Kier molecular flexibility index (Phi) is 20.5. The maximum atomic E-state index is 13.5. The Hall–Kier alpha value is -3.36. The highest BCUT2D eigenvalue weighted by atomic mass is 16.7. The molecule has 0 amide bonds. The Morgan fingerprint density at radius 2 is 1.28 bits per heavy atom. The third-order valence-electron chi connectivity index (χ3n) is 10.8. The molecule has 2 aliphatic rings. The first kappa shape index (κ1) is 50.8. The molecule has 0 bridgehead atoms. The van der Waals surface area contributed by atoms with Gasteiger partial charge in [0.1, 0.15) is 30.5 Å². The van der Waals surface area contributed by atoms with E-state index in [2.05, 4.69) is 6.92 Å². The number of carbonyl (C=O) groups excluding carboxylic acids is 6. The molecule has 14 heteroatoms. The summed E-state index contributed by atoms with van der Waals surface area (Å²) in [6.07, 6.45) is -2.91. The van der Waals surface area contributed by atoms with Crippen molar-refractivity contribution in [3.8, 4) is 0 Å². The lowest BCUT2D eigenvalue weighted by atomic mass is 9.79. The number of rotatable bonds is 21. The van der Waals surface area contributed by atoms with Crippen molar-refractivity contribution in [3.63, 3.8) is 0 Å². The van der Waals surface area contributed by atoms with Gasteiger partial charge < -0.3 is 38.3 Å². The van der Waals surface area contributed by atoms with Gasteiger partial charge in [0.2, 0.25) is 0 Å². The molecule has 2 aliphatic heterocycles. The van der Waals surface area contributed by atoms with Gasteiger partial charge in [-0.1, -0.05) is 68.4 Å². The molecule has 1 N–H and O–H groups in total. The summed E-state index contributed by atoms with van der Waals surface area (Å²) in [5, 5.41) is 10.8. The molecule has 58 heavy (non-hydrogen) atoms. The van der Waals surface area contributed by atoms with Crippen molar-refractivity contribution in [3.05, 3.63) is 11.6 Å². The molecule has 0 radical (unpaired) electrons. The molecule has 0 aromatic carbocycles. The highest BCUT2D eigenvalue weighted by Gasteiger charge is 2.52. The summed E-state index contributed by atoms with van der Waals surface area (Å²) in [5.41, 5.74) is 0.286. The number of methoxy groups -OCH3 is 1. The lowest BCUT2D eigenvalue weighted by Gasteiger charge is -2.51. The molecule has 12 atom stereocenters. The minimum absolute atomic E-state index is 0.00378. The van der Waals surface area contributed by atoms with E-state index in [4.69, 9.17) is 33.2 Å². The molecule has 2 saturated heterocycles. The number of ether oxygens (including phenoxy) is 7. The number of carbonyl (C=O) groups is 6. The summed E-state index contributed by atoms with van der Waals surface area (Å²) in [4.78, 5) is 77.0. The van der Waals surface area contributed by atoms with E-state index in [1.807, 2.05) is 41.5 Å². The van der Waals surface area contributed by atoms with E-state index in [9.17, 15) is 33.9 Å². The van der Waals surface area contributed by atoms with Crippen LogP contribution in [0.3, 0.4) is 0 Å². The van der Waals surface area contributed by atoms with Crippen molar-refractivity contribution in [2.75, 3.05) is 7.11 Å². The second-order valence-electron chi connectivity index (χ2n) is 17.7. The highest BCUT2D eigenvalue weighted by molar-refractivity contribution is 5.87. The monoisotopic (exact) mass is 824 g/mol. The fourth-order valence-electron chi connectivity index (χ4n) is 8.11. The first-order valence-electron chi connectivity index (χ1n) is 21.1. The Morgan fingerprint density at radius 1 is 0.759 bits per heavy atom. The van der Waals surface area contributed by atoms with Crippen LogP contribution >= 0.6 is 0 Å². The van der Waals surface area contributed by atoms with Crippen LogP contribution in [0.4, 0.5) is 0 Å². The molecular formula is C44H72O14. The minimum Gasteiger partial charge on any atom is -0.466 e. The molecule has 0 aromatic rings. The van der Waals surface area contributed by atoms with Gasteiger partial charge in [0.05, 0.1) is 19.3 Å². The second kappa shape index (κ2) is 23.4. The van der Waals surface area contributed by atoms with Crippen LogP contribution in [0.25, 0.3) is 0 Å². The summed E-state index contributed by atoms with van der Waals surface area (Å²) in [6.45, 7) is 21.0. The molecule has 14 nitrogen and oxygen atoms in total. The molecule has 0 aromatic heterocycles. The lowest BCUT2D eigenvalue weighted by Crippen LogP contribution is -2.57. The summed E-state index contributed by atoms with van der Waals surface area (Å²) in [6, 6.07) is 0. The zero-order valence-electron chi connectivity index (χ0n) is 37.2. The van der Waals surface area contributed by atoms with E-state index < -0.39 is 96.0 Å². The van der Waals surface area contributed by atoms with Crippen LogP contribution in [0.5, 0.6) is 0 Å². The van der Waals surface area contributed by atoms with Crippen LogP contribution in [0, 0.1) is 35.5 Å². The number of ketones is 1. The van der Waals surface area contributed by atoms with Gasteiger partial charge in [0.25, 0.3) is 0 Å². The maximum absolute atomic E-state index is 13.5. The number of hydrogen-bond donors (Lipinski definition) is 1. The molecule has 1 spiro atoms. The zero-order chi connectivity index (χ0) is 44.1. The van der Waals surface area contributed by atoms with Crippen LogP contribution in [-0.2, 0) is 61.9 Å². The second-order valence-corrected chi connectivity index (χ2v) is 17.7. The fraction of sp³-hybridized carbons (Fsp3) is 0.818. The van der Waals surface area contributed by atoms with E-state index in [1.165, 1.54) is 21.0 Å². The van der Waals surface area contributed by atoms with Gasteiger partial charge in [-0.25, -0.2) is 4.79 Å². The number of aliphatic hydroxyl groups excluding tert-OH is 1. The molecule has 0 aliphatic carbocycles. The Bertz CT molecular complexity index is 1420.